The van der Waals surface area contributed by atoms with Crippen LogP contribution in [-0.4, -0.2) is 4.98 Å². The summed E-state index contributed by atoms with van der Waals surface area (Å²) in [6.07, 6.45) is 0. The van der Waals surface area contributed by atoms with E-state index < -0.39 is 0 Å². The van der Waals surface area contributed by atoms with E-state index >= 15 is 0 Å². The molecule has 0 fully saturated rings. The molecule has 0 amide bonds. The molecule has 0 unspecified atom stereocenters. The van der Waals surface area contributed by atoms with Gasteiger partial charge in [-0.2, -0.15) is 0 Å². The van der Waals surface area contributed by atoms with Crippen molar-refractivity contribution in [3.8, 4) is 11.5 Å². The lowest BCUT2D eigenvalue weighted by atomic mass is 10.2. The fourth-order valence-corrected chi connectivity index (χ4v) is 2.10. The summed E-state index contributed by atoms with van der Waals surface area (Å²) in [6, 6.07) is 13.4. The van der Waals surface area contributed by atoms with Crippen LogP contribution < -0.4 is 0 Å². The van der Waals surface area contributed by atoms with E-state index in [-0.39, 0.29) is 0 Å². The van der Waals surface area contributed by atoms with Gasteiger partial charge in [0, 0.05) is 15.4 Å². The van der Waals surface area contributed by atoms with Crippen LogP contribution in [0.15, 0.2) is 56.7 Å². The Morgan fingerprint density at radius 2 is 1.76 bits per heavy atom. The summed E-state index contributed by atoms with van der Waals surface area (Å²) in [5, 5.41) is 0. The fraction of sp³-hybridized carbons (Fsp3) is 0. The SMILES string of the molecule is Sc1cccc(-c2nc3cc(S)ccc3o2)c1. The van der Waals surface area contributed by atoms with Crippen LogP contribution in [0.4, 0.5) is 0 Å². The number of thiol groups is 2. The van der Waals surface area contributed by atoms with Crippen LogP contribution in [0.3, 0.4) is 0 Å². The van der Waals surface area contributed by atoms with Gasteiger partial charge >= 0.3 is 0 Å². The minimum Gasteiger partial charge on any atom is -0.436 e. The average molecular weight is 259 g/mol. The third-order valence-electron chi connectivity index (χ3n) is 2.46. The van der Waals surface area contributed by atoms with Gasteiger partial charge in [-0.1, -0.05) is 6.07 Å². The van der Waals surface area contributed by atoms with E-state index in [0.29, 0.717) is 5.89 Å². The topological polar surface area (TPSA) is 26.0 Å². The molecule has 0 saturated heterocycles. The highest BCUT2D eigenvalue weighted by Gasteiger charge is 2.08. The lowest BCUT2D eigenvalue weighted by Gasteiger charge is -1.95. The first-order valence-corrected chi connectivity index (χ1v) is 6.01. The molecule has 1 aromatic heterocycles. The second-order valence-electron chi connectivity index (χ2n) is 3.72. The van der Waals surface area contributed by atoms with Crippen molar-refractivity contribution in [2.75, 3.05) is 0 Å². The first-order valence-electron chi connectivity index (χ1n) is 5.11. The zero-order valence-electron chi connectivity index (χ0n) is 8.79. The summed E-state index contributed by atoms with van der Waals surface area (Å²) in [5.41, 5.74) is 2.51. The number of nitrogens with zero attached hydrogens (tertiary/aromatic N) is 1. The van der Waals surface area contributed by atoms with Crippen molar-refractivity contribution in [1.29, 1.82) is 0 Å². The van der Waals surface area contributed by atoms with Gasteiger partial charge in [0.25, 0.3) is 0 Å². The average Bonchev–Trinajstić information content (AvgIpc) is 2.72. The van der Waals surface area contributed by atoms with Crippen LogP contribution in [0.5, 0.6) is 0 Å². The standard InChI is InChI=1S/C13H9NOS2/c16-9-3-1-2-8(6-9)13-14-11-7-10(17)4-5-12(11)15-13/h1-7,16-17H. The van der Waals surface area contributed by atoms with Gasteiger partial charge in [0.15, 0.2) is 5.58 Å². The number of hydrogen-bond acceptors (Lipinski definition) is 4. The molecule has 0 radical (unpaired) electrons. The molecule has 0 aliphatic carbocycles. The van der Waals surface area contributed by atoms with Crippen molar-refractivity contribution < 1.29 is 4.42 Å². The van der Waals surface area contributed by atoms with E-state index in [2.05, 4.69) is 30.2 Å². The highest BCUT2D eigenvalue weighted by atomic mass is 32.1. The maximum atomic E-state index is 5.69. The van der Waals surface area contributed by atoms with Gasteiger partial charge in [0.05, 0.1) is 0 Å². The van der Waals surface area contributed by atoms with Crippen LogP contribution in [-0.2, 0) is 0 Å². The largest absolute Gasteiger partial charge is 0.436 e. The lowest BCUT2D eigenvalue weighted by molar-refractivity contribution is 0.619. The molecule has 0 aliphatic heterocycles. The summed E-state index contributed by atoms with van der Waals surface area (Å²) >= 11 is 8.58. The molecular weight excluding hydrogens is 250 g/mol. The molecular formula is C13H9NOS2. The van der Waals surface area contributed by atoms with Crippen molar-refractivity contribution in [1.82, 2.24) is 4.98 Å². The number of oxazole rings is 1. The molecule has 0 saturated carbocycles. The van der Waals surface area contributed by atoms with Gasteiger partial charge in [-0.25, -0.2) is 4.98 Å². The minimum atomic E-state index is 0.606. The minimum absolute atomic E-state index is 0.606. The van der Waals surface area contributed by atoms with Crippen molar-refractivity contribution in [3.05, 3.63) is 42.5 Å². The van der Waals surface area contributed by atoms with Crippen molar-refractivity contribution in [2.24, 2.45) is 0 Å². The molecule has 1 heterocycles. The van der Waals surface area contributed by atoms with Crippen molar-refractivity contribution in [2.45, 2.75) is 9.79 Å². The third kappa shape index (κ3) is 2.06. The van der Waals surface area contributed by atoms with Gasteiger partial charge < -0.3 is 4.42 Å². The normalized spacial score (nSPS) is 10.9. The maximum Gasteiger partial charge on any atom is 0.227 e. The molecule has 3 aromatic rings. The zero-order valence-corrected chi connectivity index (χ0v) is 10.6. The van der Waals surface area contributed by atoms with E-state index in [0.717, 1.165) is 26.5 Å². The lowest BCUT2D eigenvalue weighted by Crippen LogP contribution is -1.76. The van der Waals surface area contributed by atoms with Gasteiger partial charge in [0.2, 0.25) is 5.89 Å². The number of rotatable bonds is 1. The van der Waals surface area contributed by atoms with Crippen LogP contribution in [0.25, 0.3) is 22.6 Å². The van der Waals surface area contributed by atoms with Gasteiger partial charge in [0.1, 0.15) is 5.52 Å². The molecule has 17 heavy (non-hydrogen) atoms. The second kappa shape index (κ2) is 4.13. The maximum absolute atomic E-state index is 5.69. The molecule has 2 aromatic carbocycles. The number of hydrogen-bond donors (Lipinski definition) is 2. The molecule has 2 nitrogen and oxygen atoms in total. The molecule has 0 N–H and O–H groups in total. The van der Waals surface area contributed by atoms with E-state index in [9.17, 15) is 0 Å². The van der Waals surface area contributed by atoms with Crippen LogP contribution in [0.1, 0.15) is 0 Å². The monoisotopic (exact) mass is 259 g/mol. The molecule has 0 aliphatic rings. The molecule has 0 atom stereocenters. The Balaban J connectivity index is 2.18. The summed E-state index contributed by atoms with van der Waals surface area (Å²) in [5.74, 6) is 0.606. The molecule has 84 valence electrons. The summed E-state index contributed by atoms with van der Waals surface area (Å²) in [4.78, 5) is 6.20. The Morgan fingerprint density at radius 3 is 2.59 bits per heavy atom. The van der Waals surface area contributed by atoms with Crippen molar-refractivity contribution in [3.63, 3.8) is 0 Å². The van der Waals surface area contributed by atoms with Crippen molar-refractivity contribution >= 4 is 36.4 Å². The first kappa shape index (κ1) is 10.7. The Kier molecular flexibility index (Phi) is 2.61. The van der Waals surface area contributed by atoms with Gasteiger partial charge in [-0.05, 0) is 36.4 Å². The molecule has 0 bridgehead atoms. The molecule has 0 spiro atoms. The highest BCUT2D eigenvalue weighted by molar-refractivity contribution is 7.80. The second-order valence-corrected chi connectivity index (χ2v) is 4.75. The Bertz CT molecular complexity index is 691. The summed E-state index contributed by atoms with van der Waals surface area (Å²) in [6.45, 7) is 0. The number of benzene rings is 2. The fourth-order valence-electron chi connectivity index (χ4n) is 1.68. The van der Waals surface area contributed by atoms with E-state index in [1.807, 2.05) is 42.5 Å². The Hall–Kier alpha value is -1.39. The Morgan fingerprint density at radius 1 is 0.941 bits per heavy atom. The summed E-state index contributed by atoms with van der Waals surface area (Å²) in [7, 11) is 0. The van der Waals surface area contributed by atoms with Gasteiger partial charge in [-0.15, -0.1) is 25.3 Å². The number of fused-ring (bicyclic) bond motifs is 1. The summed E-state index contributed by atoms with van der Waals surface area (Å²) < 4.78 is 5.69. The van der Waals surface area contributed by atoms with Crippen LogP contribution >= 0.6 is 25.3 Å². The molecule has 4 heteroatoms. The van der Waals surface area contributed by atoms with E-state index in [4.69, 9.17) is 4.42 Å². The smallest absolute Gasteiger partial charge is 0.227 e. The predicted molar refractivity (Wildman–Crippen MR) is 73.9 cm³/mol. The van der Waals surface area contributed by atoms with E-state index in [1.165, 1.54) is 0 Å². The van der Waals surface area contributed by atoms with Gasteiger partial charge in [-0.3, -0.25) is 0 Å². The predicted octanol–water partition coefficient (Wildman–Crippen LogP) is 4.07. The zero-order chi connectivity index (χ0) is 11.8. The van der Waals surface area contributed by atoms with E-state index in [1.54, 1.807) is 0 Å². The Labute approximate surface area is 109 Å². The number of aromatic nitrogens is 1. The quantitative estimate of drug-likeness (QED) is 0.644. The van der Waals surface area contributed by atoms with Crippen LogP contribution in [0, 0.1) is 0 Å². The molecule has 3 rings (SSSR count). The first-order chi connectivity index (χ1) is 8.22. The third-order valence-corrected chi connectivity index (χ3v) is 3.02. The van der Waals surface area contributed by atoms with Crippen LogP contribution in [0.2, 0.25) is 0 Å². The highest BCUT2D eigenvalue weighted by Crippen LogP contribution is 2.26.